The fourth-order valence-corrected chi connectivity index (χ4v) is 2.82. The fourth-order valence-electron chi connectivity index (χ4n) is 2.82. The van der Waals surface area contributed by atoms with Crippen molar-refractivity contribution in [2.24, 2.45) is 11.8 Å². The van der Waals surface area contributed by atoms with Crippen molar-refractivity contribution in [3.8, 4) is 6.07 Å². The molecule has 0 aromatic carbocycles. The third kappa shape index (κ3) is 4.22. The van der Waals surface area contributed by atoms with Gasteiger partial charge in [0.05, 0.1) is 11.5 Å². The van der Waals surface area contributed by atoms with E-state index in [9.17, 15) is 9.59 Å². The Kier molecular flexibility index (Phi) is 4.94. The van der Waals surface area contributed by atoms with Crippen LogP contribution in [-0.4, -0.2) is 47.9 Å². The maximum Gasteiger partial charge on any atom is 0.225 e. The van der Waals surface area contributed by atoms with Gasteiger partial charge in [-0.3, -0.25) is 9.59 Å². The van der Waals surface area contributed by atoms with Gasteiger partial charge in [-0.15, -0.1) is 0 Å². The van der Waals surface area contributed by atoms with Crippen molar-refractivity contribution in [2.75, 3.05) is 31.5 Å². The molecule has 2 aliphatic rings. The van der Waals surface area contributed by atoms with Crippen LogP contribution in [0.5, 0.6) is 0 Å². The minimum absolute atomic E-state index is 0.0590. The Labute approximate surface area is 141 Å². The maximum absolute atomic E-state index is 12.2. The third-order valence-electron chi connectivity index (χ3n) is 4.38. The number of likely N-dealkylation sites (tertiary alicyclic amines) is 1. The quantitative estimate of drug-likeness (QED) is 0.720. The van der Waals surface area contributed by atoms with Gasteiger partial charge in [-0.2, -0.15) is 5.26 Å². The first-order valence-electron chi connectivity index (χ1n) is 8.31. The summed E-state index contributed by atoms with van der Waals surface area (Å²) in [6.45, 7) is 2.37. The van der Waals surface area contributed by atoms with E-state index in [1.165, 1.54) is 19.0 Å². The normalized spacial score (nSPS) is 19.9. The van der Waals surface area contributed by atoms with Gasteiger partial charge in [0.2, 0.25) is 11.8 Å². The van der Waals surface area contributed by atoms with E-state index < -0.39 is 0 Å². The molecule has 2 heterocycles. The van der Waals surface area contributed by atoms with Crippen molar-refractivity contribution in [3.63, 3.8) is 0 Å². The highest BCUT2D eigenvalue weighted by molar-refractivity contribution is 5.89. The van der Waals surface area contributed by atoms with Gasteiger partial charge in [-0.05, 0) is 30.9 Å². The highest BCUT2D eigenvalue weighted by Gasteiger charge is 2.36. The van der Waals surface area contributed by atoms with Crippen LogP contribution < -0.4 is 10.6 Å². The predicted octanol–water partition coefficient (Wildman–Crippen LogP) is 0.740. The van der Waals surface area contributed by atoms with E-state index >= 15 is 0 Å². The van der Waals surface area contributed by atoms with Crippen molar-refractivity contribution in [1.82, 2.24) is 15.2 Å². The van der Waals surface area contributed by atoms with E-state index in [1.807, 2.05) is 11.0 Å². The minimum Gasteiger partial charge on any atom is -0.368 e. The highest BCUT2D eigenvalue weighted by atomic mass is 16.2. The van der Waals surface area contributed by atoms with Crippen LogP contribution in [0.1, 0.15) is 24.8 Å². The van der Waals surface area contributed by atoms with Gasteiger partial charge in [0, 0.05) is 38.8 Å². The van der Waals surface area contributed by atoms with E-state index in [-0.39, 0.29) is 17.7 Å². The van der Waals surface area contributed by atoms with Gasteiger partial charge in [0.15, 0.2) is 0 Å². The second kappa shape index (κ2) is 7.30. The van der Waals surface area contributed by atoms with Gasteiger partial charge >= 0.3 is 0 Å². The monoisotopic (exact) mass is 327 g/mol. The molecule has 0 radical (unpaired) electrons. The van der Waals surface area contributed by atoms with Gasteiger partial charge in [-0.1, -0.05) is 0 Å². The zero-order valence-electron chi connectivity index (χ0n) is 13.5. The summed E-state index contributed by atoms with van der Waals surface area (Å²) in [5.74, 6) is 1.12. The lowest BCUT2D eigenvalue weighted by Gasteiger charge is -2.16. The van der Waals surface area contributed by atoms with Crippen LogP contribution in [0, 0.1) is 23.2 Å². The van der Waals surface area contributed by atoms with E-state index in [1.54, 1.807) is 12.1 Å². The van der Waals surface area contributed by atoms with Gasteiger partial charge in [0.1, 0.15) is 11.9 Å². The van der Waals surface area contributed by atoms with Gasteiger partial charge in [0.25, 0.3) is 0 Å². The second-order valence-electron chi connectivity index (χ2n) is 6.40. The van der Waals surface area contributed by atoms with Crippen LogP contribution in [0.2, 0.25) is 0 Å². The molecule has 1 atom stereocenters. The van der Waals surface area contributed by atoms with Crippen LogP contribution in [0.4, 0.5) is 5.82 Å². The number of pyridine rings is 1. The number of hydrogen-bond donors (Lipinski definition) is 2. The largest absolute Gasteiger partial charge is 0.368 e. The molecule has 1 aliphatic carbocycles. The second-order valence-corrected chi connectivity index (χ2v) is 6.40. The summed E-state index contributed by atoms with van der Waals surface area (Å²) in [6.07, 6.45) is 4.23. The van der Waals surface area contributed by atoms with Crippen molar-refractivity contribution < 1.29 is 9.59 Å². The summed E-state index contributed by atoms with van der Waals surface area (Å²) in [5, 5.41) is 14.7. The fraction of sp³-hybridized carbons (Fsp3) is 0.529. The number of carbonyl (C=O) groups is 2. The van der Waals surface area contributed by atoms with Crippen LogP contribution in [-0.2, 0) is 9.59 Å². The molecule has 2 N–H and O–H groups in total. The van der Waals surface area contributed by atoms with E-state index in [0.717, 1.165) is 6.54 Å². The average Bonchev–Trinajstić information content (AvgIpc) is 3.34. The van der Waals surface area contributed by atoms with Crippen LogP contribution >= 0.6 is 0 Å². The van der Waals surface area contributed by atoms with E-state index in [2.05, 4.69) is 15.6 Å². The first-order chi connectivity index (χ1) is 11.7. The Bertz CT molecular complexity index is 648. The van der Waals surface area contributed by atoms with E-state index in [4.69, 9.17) is 5.26 Å². The molecule has 1 aromatic rings. The Morgan fingerprint density at radius 3 is 2.88 bits per heavy atom. The first-order valence-corrected chi connectivity index (χ1v) is 8.31. The molecule has 3 rings (SSSR count). The van der Waals surface area contributed by atoms with Gasteiger partial charge in [-0.25, -0.2) is 4.98 Å². The lowest BCUT2D eigenvalue weighted by molar-refractivity contribution is -0.129. The lowest BCUT2D eigenvalue weighted by Crippen LogP contribution is -2.36. The third-order valence-corrected chi connectivity index (χ3v) is 4.38. The Balaban J connectivity index is 1.36. The van der Waals surface area contributed by atoms with Crippen molar-refractivity contribution in [2.45, 2.75) is 19.3 Å². The minimum atomic E-state index is -0.232. The summed E-state index contributed by atoms with van der Waals surface area (Å²) in [7, 11) is 0. The van der Waals surface area contributed by atoms with Crippen molar-refractivity contribution in [1.29, 1.82) is 5.26 Å². The van der Waals surface area contributed by atoms with Crippen molar-refractivity contribution in [3.05, 3.63) is 23.9 Å². The number of hydrogen-bond acceptors (Lipinski definition) is 5. The number of nitrogens with one attached hydrogen (secondary N) is 2. The molecule has 1 unspecified atom stereocenters. The van der Waals surface area contributed by atoms with Crippen molar-refractivity contribution >= 4 is 17.6 Å². The SMILES string of the molecule is N#Cc1ccc(NCCNC(=O)C2CC(=O)N(CC3CC3)C2)nc1. The Morgan fingerprint density at radius 1 is 1.38 bits per heavy atom. The van der Waals surface area contributed by atoms with Crippen LogP contribution in [0.3, 0.4) is 0 Å². The number of nitrogens with zero attached hydrogens (tertiary/aromatic N) is 3. The molecule has 0 bridgehead atoms. The average molecular weight is 327 g/mol. The predicted molar refractivity (Wildman–Crippen MR) is 87.9 cm³/mol. The number of carbonyl (C=O) groups excluding carboxylic acids is 2. The number of amides is 2. The maximum atomic E-state index is 12.2. The molecular formula is C17H21N5O2. The number of aromatic nitrogens is 1. The molecular weight excluding hydrogens is 306 g/mol. The standard InChI is InChI=1S/C17H21N5O2/c18-8-13-3-4-15(21-9-13)19-5-6-20-17(24)14-7-16(23)22(11-14)10-12-1-2-12/h3-4,9,12,14H,1-2,5-7,10-11H2,(H,19,21)(H,20,24). The molecule has 1 aliphatic heterocycles. The summed E-state index contributed by atoms with van der Waals surface area (Å²) in [6, 6.07) is 5.43. The molecule has 1 aromatic heterocycles. The Morgan fingerprint density at radius 2 is 2.21 bits per heavy atom. The molecule has 7 heteroatoms. The van der Waals surface area contributed by atoms with E-state index in [0.29, 0.717) is 43.4 Å². The molecule has 1 saturated carbocycles. The molecule has 0 spiro atoms. The zero-order chi connectivity index (χ0) is 16.9. The van der Waals surface area contributed by atoms with Crippen LogP contribution in [0.25, 0.3) is 0 Å². The smallest absolute Gasteiger partial charge is 0.225 e. The van der Waals surface area contributed by atoms with Crippen LogP contribution in [0.15, 0.2) is 18.3 Å². The zero-order valence-corrected chi connectivity index (χ0v) is 13.5. The summed E-state index contributed by atoms with van der Waals surface area (Å²) in [4.78, 5) is 30.0. The first kappa shape index (κ1) is 16.2. The molecule has 2 fully saturated rings. The topological polar surface area (TPSA) is 98.1 Å². The lowest BCUT2D eigenvalue weighted by atomic mass is 10.1. The Hall–Kier alpha value is -2.62. The number of nitriles is 1. The highest BCUT2D eigenvalue weighted by Crippen LogP contribution is 2.31. The molecule has 126 valence electrons. The van der Waals surface area contributed by atoms with Gasteiger partial charge < -0.3 is 15.5 Å². The molecule has 7 nitrogen and oxygen atoms in total. The summed E-state index contributed by atoms with van der Waals surface area (Å²) < 4.78 is 0. The summed E-state index contributed by atoms with van der Waals surface area (Å²) >= 11 is 0. The number of anilines is 1. The molecule has 24 heavy (non-hydrogen) atoms. The summed E-state index contributed by atoms with van der Waals surface area (Å²) in [5.41, 5.74) is 0.510. The molecule has 1 saturated heterocycles. The molecule has 2 amide bonds. The number of rotatable bonds is 7.